The molecule has 8 heteroatoms. The number of hydrogen-bond acceptors (Lipinski definition) is 2. The Morgan fingerprint density at radius 2 is 1.74 bits per heavy atom. The van der Waals surface area contributed by atoms with Crippen LogP contribution >= 0.6 is 11.6 Å². The van der Waals surface area contributed by atoms with Crippen molar-refractivity contribution >= 4 is 17.5 Å². The highest BCUT2D eigenvalue weighted by molar-refractivity contribution is 6.33. The summed E-state index contributed by atoms with van der Waals surface area (Å²) >= 11 is 5.94. The normalized spacial score (nSPS) is 15.8. The summed E-state index contributed by atoms with van der Waals surface area (Å²) in [5.74, 6) is -0.791. The lowest BCUT2D eigenvalue weighted by atomic mass is 10.1. The predicted molar refractivity (Wildman–Crippen MR) is 94.0 cm³/mol. The largest absolute Gasteiger partial charge is 0.416 e. The molecule has 0 N–H and O–H groups in total. The first kappa shape index (κ1) is 19.6. The van der Waals surface area contributed by atoms with Gasteiger partial charge in [0.2, 0.25) is 0 Å². The van der Waals surface area contributed by atoms with Gasteiger partial charge in [-0.25, -0.2) is 4.39 Å². The van der Waals surface area contributed by atoms with Gasteiger partial charge in [0, 0.05) is 32.7 Å². The van der Waals surface area contributed by atoms with Crippen molar-refractivity contribution in [3.05, 3.63) is 70.0 Å². The molecule has 2 aromatic rings. The van der Waals surface area contributed by atoms with Crippen molar-refractivity contribution in [2.45, 2.75) is 12.7 Å². The third-order valence-corrected chi connectivity index (χ3v) is 4.79. The summed E-state index contributed by atoms with van der Waals surface area (Å²) in [6.45, 7) is 2.28. The van der Waals surface area contributed by atoms with E-state index in [1.54, 1.807) is 11.0 Å². The fraction of sp³-hybridized carbons (Fsp3) is 0.316. The first-order valence-corrected chi connectivity index (χ1v) is 8.74. The summed E-state index contributed by atoms with van der Waals surface area (Å²) in [6.07, 6.45) is -4.37. The lowest BCUT2D eigenvalue weighted by molar-refractivity contribution is -0.137. The third-order valence-electron chi connectivity index (χ3n) is 4.48. The number of benzene rings is 2. The summed E-state index contributed by atoms with van der Waals surface area (Å²) in [6, 6.07) is 8.89. The van der Waals surface area contributed by atoms with E-state index in [0.717, 1.165) is 18.2 Å². The number of amides is 1. The van der Waals surface area contributed by atoms with Crippen LogP contribution in [0, 0.1) is 5.82 Å². The van der Waals surface area contributed by atoms with Crippen LogP contribution in [0.15, 0.2) is 42.5 Å². The molecule has 1 fully saturated rings. The fourth-order valence-electron chi connectivity index (χ4n) is 3.05. The first-order chi connectivity index (χ1) is 12.7. The maximum atomic E-state index is 13.1. The number of carbonyl (C=O) groups excluding carboxylic acids is 1. The third kappa shape index (κ3) is 4.78. The summed E-state index contributed by atoms with van der Waals surface area (Å²) in [7, 11) is 0. The molecule has 1 heterocycles. The highest BCUT2D eigenvalue weighted by Gasteiger charge is 2.30. The standard InChI is InChI=1S/C19H17ClF4N2O/c20-17-11-15(21)4-5-16(17)18(27)26-8-6-25(7-9-26)12-13-2-1-3-14(10-13)19(22,23)24/h1-5,10-11H,6-9,12H2. The van der Waals surface area contributed by atoms with E-state index in [4.69, 9.17) is 11.6 Å². The van der Waals surface area contributed by atoms with Crippen molar-refractivity contribution in [1.29, 1.82) is 0 Å². The van der Waals surface area contributed by atoms with E-state index < -0.39 is 17.6 Å². The highest BCUT2D eigenvalue weighted by Crippen LogP contribution is 2.30. The number of halogens is 5. The molecule has 1 amide bonds. The fourth-order valence-corrected chi connectivity index (χ4v) is 3.29. The molecule has 0 aromatic heterocycles. The molecule has 0 unspecified atom stereocenters. The molecule has 0 bridgehead atoms. The SMILES string of the molecule is O=C(c1ccc(F)cc1Cl)N1CCN(Cc2cccc(C(F)(F)F)c2)CC1. The van der Waals surface area contributed by atoms with Crippen molar-refractivity contribution < 1.29 is 22.4 Å². The van der Waals surface area contributed by atoms with Gasteiger partial charge in [-0.05, 0) is 29.8 Å². The number of nitrogens with zero attached hydrogens (tertiary/aromatic N) is 2. The van der Waals surface area contributed by atoms with Gasteiger partial charge in [-0.1, -0.05) is 29.8 Å². The molecule has 2 aromatic carbocycles. The van der Waals surface area contributed by atoms with Gasteiger partial charge < -0.3 is 4.90 Å². The summed E-state index contributed by atoms with van der Waals surface area (Å²) in [4.78, 5) is 16.1. The Labute approximate surface area is 159 Å². The van der Waals surface area contributed by atoms with Crippen LogP contribution in [-0.4, -0.2) is 41.9 Å². The monoisotopic (exact) mass is 400 g/mol. The number of carbonyl (C=O) groups is 1. The van der Waals surface area contributed by atoms with Crippen LogP contribution in [0.25, 0.3) is 0 Å². The van der Waals surface area contributed by atoms with Crippen LogP contribution < -0.4 is 0 Å². The molecule has 0 spiro atoms. The molecule has 27 heavy (non-hydrogen) atoms. The van der Waals surface area contributed by atoms with Gasteiger partial charge in [0.1, 0.15) is 5.82 Å². The molecule has 1 aliphatic heterocycles. The Morgan fingerprint density at radius 3 is 2.37 bits per heavy atom. The highest BCUT2D eigenvalue weighted by atomic mass is 35.5. The second kappa shape index (κ2) is 7.86. The topological polar surface area (TPSA) is 23.6 Å². The van der Waals surface area contributed by atoms with Crippen LogP contribution in [0.2, 0.25) is 5.02 Å². The Balaban J connectivity index is 1.60. The van der Waals surface area contributed by atoms with Gasteiger partial charge in [-0.2, -0.15) is 13.2 Å². The van der Waals surface area contributed by atoms with Crippen LogP contribution in [-0.2, 0) is 12.7 Å². The first-order valence-electron chi connectivity index (χ1n) is 8.37. The maximum Gasteiger partial charge on any atom is 0.416 e. The molecule has 0 radical (unpaired) electrons. The molecule has 3 rings (SSSR count). The van der Waals surface area contributed by atoms with E-state index in [2.05, 4.69) is 0 Å². The van der Waals surface area contributed by atoms with E-state index in [1.807, 2.05) is 4.90 Å². The average Bonchev–Trinajstić information content (AvgIpc) is 2.61. The summed E-state index contributed by atoms with van der Waals surface area (Å²) in [5.41, 5.74) is 0.148. The molecule has 0 atom stereocenters. The van der Waals surface area contributed by atoms with Crippen molar-refractivity contribution in [3.63, 3.8) is 0 Å². The minimum absolute atomic E-state index is 0.0615. The number of alkyl halides is 3. The number of piperazine rings is 1. The van der Waals surface area contributed by atoms with Crippen molar-refractivity contribution in [1.82, 2.24) is 9.80 Å². The zero-order valence-corrected chi connectivity index (χ0v) is 15.0. The molecular formula is C19H17ClF4N2O. The lowest BCUT2D eigenvalue weighted by Gasteiger charge is -2.35. The number of hydrogen-bond donors (Lipinski definition) is 0. The van der Waals surface area contributed by atoms with Crippen molar-refractivity contribution in [2.24, 2.45) is 0 Å². The molecule has 0 aliphatic carbocycles. The predicted octanol–water partition coefficient (Wildman–Crippen LogP) is 4.46. The van der Waals surface area contributed by atoms with E-state index in [1.165, 1.54) is 18.2 Å². The molecule has 144 valence electrons. The minimum Gasteiger partial charge on any atom is -0.336 e. The average molecular weight is 401 g/mol. The smallest absolute Gasteiger partial charge is 0.336 e. The van der Waals surface area contributed by atoms with Crippen molar-refractivity contribution in [3.8, 4) is 0 Å². The second-order valence-corrected chi connectivity index (χ2v) is 6.80. The van der Waals surface area contributed by atoms with Crippen LogP contribution in [0.4, 0.5) is 17.6 Å². The Kier molecular flexibility index (Phi) is 5.72. The van der Waals surface area contributed by atoms with Crippen LogP contribution in [0.5, 0.6) is 0 Å². The summed E-state index contributed by atoms with van der Waals surface area (Å²) in [5, 5.41) is 0.0615. The van der Waals surface area contributed by atoms with Crippen molar-refractivity contribution in [2.75, 3.05) is 26.2 Å². The second-order valence-electron chi connectivity index (χ2n) is 6.39. The van der Waals surface area contributed by atoms with Gasteiger partial charge in [-0.3, -0.25) is 9.69 Å². The van der Waals surface area contributed by atoms with E-state index in [9.17, 15) is 22.4 Å². The number of rotatable bonds is 3. The van der Waals surface area contributed by atoms with Gasteiger partial charge >= 0.3 is 6.18 Å². The lowest BCUT2D eigenvalue weighted by Crippen LogP contribution is -2.48. The molecule has 0 saturated carbocycles. The Bertz CT molecular complexity index is 833. The van der Waals surface area contributed by atoms with E-state index >= 15 is 0 Å². The van der Waals surface area contributed by atoms with Gasteiger partial charge in [0.15, 0.2) is 0 Å². The maximum absolute atomic E-state index is 13.1. The zero-order valence-electron chi connectivity index (χ0n) is 14.3. The zero-order chi connectivity index (χ0) is 19.6. The minimum atomic E-state index is -4.37. The molecule has 3 nitrogen and oxygen atoms in total. The van der Waals surface area contributed by atoms with Gasteiger partial charge in [-0.15, -0.1) is 0 Å². The van der Waals surface area contributed by atoms with Gasteiger partial charge in [0.05, 0.1) is 16.1 Å². The molecule has 1 aliphatic rings. The van der Waals surface area contributed by atoms with Gasteiger partial charge in [0.25, 0.3) is 5.91 Å². The van der Waals surface area contributed by atoms with E-state index in [-0.39, 0.29) is 16.5 Å². The summed E-state index contributed by atoms with van der Waals surface area (Å²) < 4.78 is 51.6. The van der Waals surface area contributed by atoms with E-state index in [0.29, 0.717) is 38.3 Å². The quantitative estimate of drug-likeness (QED) is 0.710. The van der Waals surface area contributed by atoms with Crippen LogP contribution in [0.1, 0.15) is 21.5 Å². The Morgan fingerprint density at radius 1 is 1.04 bits per heavy atom. The molecular weight excluding hydrogens is 384 g/mol. The van der Waals surface area contributed by atoms with Crippen LogP contribution in [0.3, 0.4) is 0 Å². The Hall–Kier alpha value is -2.12. The molecule has 1 saturated heterocycles.